The molecule has 1 aromatic heterocycles. The van der Waals surface area contributed by atoms with Gasteiger partial charge in [0, 0.05) is 35.3 Å². The highest BCUT2D eigenvalue weighted by Crippen LogP contribution is 2.35. The summed E-state index contributed by atoms with van der Waals surface area (Å²) >= 11 is 7.81. The van der Waals surface area contributed by atoms with Gasteiger partial charge in [0.15, 0.2) is 5.43 Å². The zero-order valence-electron chi connectivity index (χ0n) is 19.7. The van der Waals surface area contributed by atoms with E-state index in [2.05, 4.69) is 0 Å². The number of halogens is 1. The van der Waals surface area contributed by atoms with Crippen molar-refractivity contribution in [2.24, 2.45) is 5.73 Å². The van der Waals surface area contributed by atoms with E-state index < -0.39 is 0 Å². The van der Waals surface area contributed by atoms with Crippen LogP contribution in [0.25, 0.3) is 20.2 Å². The van der Waals surface area contributed by atoms with Crippen LogP contribution < -0.4 is 15.9 Å². The first-order valence-corrected chi connectivity index (χ1v) is 12.7. The molecule has 1 heterocycles. The maximum absolute atomic E-state index is 12.8. The fourth-order valence-corrected chi connectivity index (χ4v) is 5.11. The molecular formula is C27H29ClN2O5S. The molecule has 9 heteroatoms. The van der Waals surface area contributed by atoms with Gasteiger partial charge in [0.1, 0.15) is 5.75 Å². The number of hydrogen-bond acceptors (Lipinski definition) is 7. The van der Waals surface area contributed by atoms with Gasteiger partial charge < -0.3 is 20.7 Å². The molecule has 0 unspecified atom stereocenters. The summed E-state index contributed by atoms with van der Waals surface area (Å²) in [7, 11) is 0. The van der Waals surface area contributed by atoms with Crippen molar-refractivity contribution in [1.29, 1.82) is 0 Å². The molecule has 1 amide bonds. The normalized spacial score (nSPS) is 10.9. The summed E-state index contributed by atoms with van der Waals surface area (Å²) in [6, 6.07) is 19.8. The Morgan fingerprint density at radius 1 is 0.944 bits per heavy atom. The monoisotopic (exact) mass is 528 g/mol. The molecule has 0 fully saturated rings. The molecule has 0 spiro atoms. The third-order valence-corrected chi connectivity index (χ3v) is 6.91. The SMILES string of the molecule is NC(=O)c1ccccc1.O=c1c2ccccc2sc2c(OCCCN(CCO)CCO)ccc(Cl)c12. The first kappa shape index (κ1) is 27.6. The highest BCUT2D eigenvalue weighted by Gasteiger charge is 2.13. The molecule has 0 radical (unpaired) electrons. The summed E-state index contributed by atoms with van der Waals surface area (Å²) in [4.78, 5) is 25.2. The molecule has 0 saturated heterocycles. The second kappa shape index (κ2) is 13.9. The molecular weight excluding hydrogens is 500 g/mol. The van der Waals surface area contributed by atoms with E-state index >= 15 is 0 Å². The average Bonchev–Trinajstić information content (AvgIpc) is 2.89. The number of hydrogen-bond donors (Lipinski definition) is 3. The molecule has 190 valence electrons. The largest absolute Gasteiger partial charge is 0.492 e. The molecule has 4 rings (SSSR count). The van der Waals surface area contributed by atoms with Crippen LogP contribution >= 0.6 is 22.9 Å². The Bertz CT molecular complexity index is 1340. The van der Waals surface area contributed by atoms with Crippen LogP contribution in [0.15, 0.2) is 71.5 Å². The third kappa shape index (κ3) is 7.25. The molecule has 0 aliphatic carbocycles. The highest BCUT2D eigenvalue weighted by molar-refractivity contribution is 7.25. The Kier molecular flexibility index (Phi) is 10.7. The number of benzene rings is 3. The molecule has 0 bridgehead atoms. The zero-order chi connectivity index (χ0) is 25.9. The quantitative estimate of drug-likeness (QED) is 0.212. The maximum atomic E-state index is 12.8. The number of fused-ring (bicyclic) bond motifs is 2. The summed E-state index contributed by atoms with van der Waals surface area (Å²) in [5, 5.41) is 19.7. The number of aliphatic hydroxyl groups is 2. The van der Waals surface area contributed by atoms with Crippen LogP contribution in [0.1, 0.15) is 16.8 Å². The molecule has 0 saturated carbocycles. The number of nitrogens with two attached hydrogens (primary N) is 1. The van der Waals surface area contributed by atoms with E-state index in [0.29, 0.717) is 53.3 Å². The first-order valence-electron chi connectivity index (χ1n) is 11.5. The van der Waals surface area contributed by atoms with Gasteiger partial charge in [-0.05, 0) is 42.8 Å². The van der Waals surface area contributed by atoms with E-state index in [1.54, 1.807) is 36.4 Å². The van der Waals surface area contributed by atoms with Crippen LogP contribution in [0.3, 0.4) is 0 Å². The topological polar surface area (TPSA) is 113 Å². The van der Waals surface area contributed by atoms with Crippen molar-refractivity contribution >= 4 is 49.0 Å². The summed E-state index contributed by atoms with van der Waals surface area (Å²) in [5.74, 6) is 0.272. The third-order valence-electron chi connectivity index (χ3n) is 5.41. The molecule has 4 N–H and O–H groups in total. The van der Waals surface area contributed by atoms with Gasteiger partial charge in [-0.25, -0.2) is 0 Å². The Morgan fingerprint density at radius 2 is 1.61 bits per heavy atom. The predicted molar refractivity (Wildman–Crippen MR) is 146 cm³/mol. The van der Waals surface area contributed by atoms with Crippen molar-refractivity contribution in [3.63, 3.8) is 0 Å². The number of nitrogens with zero attached hydrogens (tertiary/aromatic N) is 1. The minimum atomic E-state index is -0.379. The van der Waals surface area contributed by atoms with E-state index in [9.17, 15) is 9.59 Å². The van der Waals surface area contributed by atoms with Gasteiger partial charge in [-0.15, -0.1) is 11.3 Å². The number of rotatable bonds is 10. The van der Waals surface area contributed by atoms with Crippen LogP contribution in [0.2, 0.25) is 5.02 Å². The lowest BCUT2D eigenvalue weighted by molar-refractivity contribution is 0.1000. The fourth-order valence-electron chi connectivity index (χ4n) is 3.64. The van der Waals surface area contributed by atoms with E-state index in [1.165, 1.54) is 11.3 Å². The van der Waals surface area contributed by atoms with Gasteiger partial charge in [0.25, 0.3) is 0 Å². The van der Waals surface area contributed by atoms with E-state index in [0.717, 1.165) is 15.8 Å². The zero-order valence-corrected chi connectivity index (χ0v) is 21.3. The van der Waals surface area contributed by atoms with Crippen molar-refractivity contribution in [2.75, 3.05) is 39.5 Å². The van der Waals surface area contributed by atoms with E-state index in [-0.39, 0.29) is 24.5 Å². The minimum Gasteiger partial charge on any atom is -0.492 e. The summed E-state index contributed by atoms with van der Waals surface area (Å²) in [6.45, 7) is 2.35. The van der Waals surface area contributed by atoms with E-state index in [4.69, 9.17) is 32.3 Å². The van der Waals surface area contributed by atoms with Gasteiger partial charge in [-0.3, -0.25) is 14.5 Å². The number of carbonyl (C=O) groups is 1. The van der Waals surface area contributed by atoms with Crippen molar-refractivity contribution in [1.82, 2.24) is 4.90 Å². The van der Waals surface area contributed by atoms with Crippen molar-refractivity contribution in [3.8, 4) is 5.75 Å². The lowest BCUT2D eigenvalue weighted by Crippen LogP contribution is -2.31. The Morgan fingerprint density at radius 3 is 2.25 bits per heavy atom. The second-order valence-electron chi connectivity index (χ2n) is 7.90. The first-order chi connectivity index (χ1) is 17.5. The van der Waals surface area contributed by atoms with Gasteiger partial charge in [-0.2, -0.15) is 0 Å². The minimum absolute atomic E-state index is 0.0592. The van der Waals surface area contributed by atoms with Crippen LogP contribution in [0.4, 0.5) is 0 Å². The summed E-state index contributed by atoms with van der Waals surface area (Å²) in [6.07, 6.45) is 0.743. The van der Waals surface area contributed by atoms with Crippen molar-refractivity contribution in [2.45, 2.75) is 6.42 Å². The maximum Gasteiger partial charge on any atom is 0.248 e. The van der Waals surface area contributed by atoms with Gasteiger partial charge in [-0.1, -0.05) is 41.9 Å². The van der Waals surface area contributed by atoms with Crippen LogP contribution in [0, 0.1) is 0 Å². The van der Waals surface area contributed by atoms with Crippen molar-refractivity contribution < 1.29 is 19.7 Å². The molecule has 0 aliphatic heterocycles. The standard InChI is InChI=1S/C20H22ClNO4S.C7H7NO/c21-15-6-7-16(26-13-3-8-22(9-11-23)10-12-24)20-18(15)19(25)14-4-1-2-5-17(14)27-20;8-7(9)6-4-2-1-3-5-6/h1-2,4-7,23-24H,3,8-13H2;1-5H,(H2,8,9). The summed E-state index contributed by atoms with van der Waals surface area (Å²) < 4.78 is 7.61. The van der Waals surface area contributed by atoms with Crippen LogP contribution in [0.5, 0.6) is 5.75 Å². The molecule has 0 atom stereocenters. The van der Waals surface area contributed by atoms with Gasteiger partial charge >= 0.3 is 0 Å². The van der Waals surface area contributed by atoms with Gasteiger partial charge in [0.05, 0.1) is 34.9 Å². The van der Waals surface area contributed by atoms with Gasteiger partial charge in [0.2, 0.25) is 5.91 Å². The van der Waals surface area contributed by atoms with E-state index in [1.807, 2.05) is 35.2 Å². The molecule has 0 aliphatic rings. The number of primary amides is 1. The molecule has 4 aromatic rings. The Labute approximate surface area is 218 Å². The smallest absolute Gasteiger partial charge is 0.248 e. The van der Waals surface area contributed by atoms with Crippen LogP contribution in [-0.4, -0.2) is 60.5 Å². The number of ether oxygens (including phenoxy) is 1. The highest BCUT2D eigenvalue weighted by atomic mass is 35.5. The Hall–Kier alpha value is -3.01. The number of aliphatic hydroxyl groups excluding tert-OH is 2. The van der Waals surface area contributed by atoms with Crippen LogP contribution in [-0.2, 0) is 0 Å². The second-order valence-corrected chi connectivity index (χ2v) is 9.36. The lowest BCUT2D eigenvalue weighted by atomic mass is 10.2. The Balaban J connectivity index is 0.000000338. The average molecular weight is 529 g/mol. The predicted octanol–water partition coefficient (Wildman–Crippen LogP) is 3.91. The fraction of sp³-hybridized carbons (Fsp3) is 0.259. The van der Waals surface area contributed by atoms with Crippen molar-refractivity contribution in [3.05, 3.63) is 87.5 Å². The molecule has 3 aromatic carbocycles. The number of amides is 1. The summed E-state index contributed by atoms with van der Waals surface area (Å²) in [5.41, 5.74) is 5.45. The lowest BCUT2D eigenvalue weighted by Gasteiger charge is -2.20. The molecule has 36 heavy (non-hydrogen) atoms. The molecule has 7 nitrogen and oxygen atoms in total. The number of carbonyl (C=O) groups excluding carboxylic acids is 1.